The van der Waals surface area contributed by atoms with Gasteiger partial charge in [-0.2, -0.15) is 0 Å². The molecule has 0 spiro atoms. The second-order valence-corrected chi connectivity index (χ2v) is 30.9. The zero-order valence-corrected chi connectivity index (χ0v) is 66.6. The van der Waals surface area contributed by atoms with E-state index in [9.17, 15) is 39.4 Å². The maximum absolute atomic E-state index is 15.5. The third-order valence-corrected chi connectivity index (χ3v) is 21.1. The molecule has 2 unspecified atom stereocenters. The quantitative estimate of drug-likeness (QED) is 0.174. The van der Waals surface area contributed by atoms with Gasteiger partial charge in [0.2, 0.25) is 65.0 Å². The Bertz CT molecular complexity index is 3400. The average Bonchev–Trinajstić information content (AvgIpc) is 1.54. The number of esters is 2. The monoisotopic (exact) mass is 1480 g/mol. The SMILES string of the molecule is CC[C@H](C)[C@@H]1NC(=O)[C@H](C(C)C)N(C)C(=O)[C@@H]2C[C@@]3(O)c4ccccc4N(O)[C@H]3N2C(=O)CN(C)C(=O)[C@H]([C@@H](C)CC)N(C)C(=O)[C@H](C(C)C)NC(=O)C(OC(C)=O)N(C)C(=O)[C@H]([C@@H](C)C(C)OC(C)=O)N(C)C(=O)[C@H](C(C)(C)O)N(C)C(=O)CN(C)C(=O)[C@H](C(C)C)N(C)C(=O)[C@H](C(C)C)N(C)C1=O. The smallest absolute Gasteiger partial charge is 0.304 e. The van der Waals surface area contributed by atoms with E-state index in [1.165, 1.54) is 99.0 Å². The number of fused-ring (bicyclic) bond motifs is 5. The van der Waals surface area contributed by atoms with Crippen molar-refractivity contribution in [2.45, 2.75) is 228 Å². The van der Waals surface area contributed by atoms with Crippen LogP contribution in [0.1, 0.15) is 149 Å². The summed E-state index contributed by atoms with van der Waals surface area (Å²) in [5, 5.41) is 42.8. The van der Waals surface area contributed by atoms with Crippen LogP contribution in [-0.2, 0) is 82.2 Å². The number of hydrogen-bond acceptors (Lipinski definition) is 20. The molecule has 1 aromatic carbocycles. The lowest BCUT2D eigenvalue weighted by Crippen LogP contribution is -2.65. The Labute approximate surface area is 618 Å². The number of nitrogens with zero attached hydrogens (tertiary/aromatic N) is 11. The third kappa shape index (κ3) is 19.0. The maximum atomic E-state index is 15.5. The van der Waals surface area contributed by atoms with E-state index < -0.39 is 228 Å². The van der Waals surface area contributed by atoms with E-state index in [2.05, 4.69) is 10.6 Å². The molecule has 32 nitrogen and oxygen atoms in total. The fourth-order valence-electron chi connectivity index (χ4n) is 14.8. The van der Waals surface area contributed by atoms with Crippen molar-refractivity contribution in [2.24, 2.45) is 41.4 Å². The van der Waals surface area contributed by atoms with Crippen LogP contribution >= 0.6 is 0 Å². The molecule has 5 N–H and O–H groups in total. The first-order valence-corrected chi connectivity index (χ1v) is 36.0. The number of likely N-dealkylation sites (N-methyl/N-ethyl adjacent to an activating group) is 9. The number of hydrogen-bond donors (Lipinski definition) is 5. The molecule has 0 saturated carbocycles. The minimum atomic E-state index is -2.22. The van der Waals surface area contributed by atoms with Crippen molar-refractivity contribution in [3.8, 4) is 0 Å². The van der Waals surface area contributed by atoms with Gasteiger partial charge in [-0.25, -0.2) is 5.06 Å². The molecule has 105 heavy (non-hydrogen) atoms. The summed E-state index contributed by atoms with van der Waals surface area (Å²) in [5.41, 5.74) is -4.01. The van der Waals surface area contributed by atoms with Crippen molar-refractivity contribution in [3.05, 3.63) is 29.8 Å². The number of benzene rings is 1. The number of carbonyl (C=O) groups is 14. The van der Waals surface area contributed by atoms with Gasteiger partial charge in [0.25, 0.3) is 12.1 Å². The van der Waals surface area contributed by atoms with E-state index in [0.29, 0.717) is 16.4 Å². The molecule has 16 atom stereocenters. The van der Waals surface area contributed by atoms with E-state index >= 15 is 43.2 Å². The lowest BCUT2D eigenvalue weighted by molar-refractivity contribution is -0.175. The molecule has 1 aromatic rings. The zero-order chi connectivity index (χ0) is 80.8. The fraction of sp³-hybridized carbons (Fsp3) is 0.726. The second-order valence-electron chi connectivity index (χ2n) is 30.9. The molecule has 3 heterocycles. The Balaban J connectivity index is 2.04. The summed E-state index contributed by atoms with van der Waals surface area (Å²) >= 11 is 0. The molecule has 0 aliphatic carbocycles. The summed E-state index contributed by atoms with van der Waals surface area (Å²) in [4.78, 5) is 217. The van der Waals surface area contributed by atoms with Crippen molar-refractivity contribution >= 4 is 88.5 Å². The van der Waals surface area contributed by atoms with Crippen molar-refractivity contribution < 1.29 is 92.0 Å². The predicted octanol–water partition coefficient (Wildman–Crippen LogP) is 1.29. The molecule has 32 heteroatoms. The van der Waals surface area contributed by atoms with Crippen LogP contribution in [0, 0.1) is 41.4 Å². The van der Waals surface area contributed by atoms with Crippen molar-refractivity contribution in [3.63, 3.8) is 0 Å². The maximum Gasteiger partial charge on any atom is 0.304 e. The van der Waals surface area contributed by atoms with E-state index in [4.69, 9.17) is 9.47 Å². The average molecular weight is 1480 g/mol. The topological polar surface area (TPSA) is 378 Å². The van der Waals surface area contributed by atoms with Crippen molar-refractivity contribution in [2.75, 3.05) is 81.6 Å². The van der Waals surface area contributed by atoms with Crippen LogP contribution in [0.5, 0.6) is 0 Å². The van der Waals surface area contributed by atoms with Crippen LogP contribution in [0.4, 0.5) is 5.69 Å². The van der Waals surface area contributed by atoms with E-state index in [-0.39, 0.29) is 17.7 Å². The first-order chi connectivity index (χ1) is 48.3. The largest absolute Gasteiger partial charge is 0.462 e. The Morgan fingerprint density at radius 2 is 0.962 bits per heavy atom. The minimum Gasteiger partial charge on any atom is -0.462 e. The summed E-state index contributed by atoms with van der Waals surface area (Å²) < 4.78 is 11.1. The molecule has 0 radical (unpaired) electrons. The number of carbonyl (C=O) groups excluding carboxylic acids is 14. The van der Waals surface area contributed by atoms with Gasteiger partial charge in [0, 0.05) is 95.2 Å². The Hall–Kier alpha value is -8.52. The number of hydroxylamine groups is 1. The molecule has 2 saturated heterocycles. The predicted molar refractivity (Wildman–Crippen MR) is 385 cm³/mol. The molecule has 590 valence electrons. The van der Waals surface area contributed by atoms with Gasteiger partial charge in [0.1, 0.15) is 66.1 Å². The van der Waals surface area contributed by atoms with E-state index in [1.807, 2.05) is 0 Å². The molecule has 4 rings (SSSR count). The van der Waals surface area contributed by atoms with Crippen LogP contribution in [0.3, 0.4) is 0 Å². The zero-order valence-electron chi connectivity index (χ0n) is 66.6. The minimum absolute atomic E-state index is 0.110. The first-order valence-electron chi connectivity index (χ1n) is 36.0. The first kappa shape index (κ1) is 88.9. The number of nitrogens with one attached hydrogen (secondary N) is 2. The highest BCUT2D eigenvalue weighted by molar-refractivity contribution is 6.00. The summed E-state index contributed by atoms with van der Waals surface area (Å²) in [5.74, 6) is -18.1. The fourth-order valence-corrected chi connectivity index (χ4v) is 14.8. The van der Waals surface area contributed by atoms with Crippen LogP contribution in [-0.4, -0.2) is 302 Å². The Kier molecular flexibility index (Phi) is 30.2. The molecule has 2 fully saturated rings. The molecule has 3 aliphatic rings. The van der Waals surface area contributed by atoms with E-state index in [0.717, 1.165) is 62.2 Å². The van der Waals surface area contributed by atoms with Crippen molar-refractivity contribution in [1.29, 1.82) is 0 Å². The molecule has 0 aromatic heterocycles. The number of amides is 12. The third-order valence-electron chi connectivity index (χ3n) is 21.1. The highest BCUT2D eigenvalue weighted by Gasteiger charge is 2.64. The van der Waals surface area contributed by atoms with Crippen LogP contribution < -0.4 is 15.7 Å². The van der Waals surface area contributed by atoms with Gasteiger partial charge in [-0.15, -0.1) is 0 Å². The number of ether oxygens (including phenoxy) is 2. The van der Waals surface area contributed by atoms with E-state index in [1.54, 1.807) is 95.2 Å². The normalized spacial score (nSPS) is 28.1. The molecular formula is C73H119N13O19. The molecular weight excluding hydrogens is 1360 g/mol. The lowest BCUT2D eigenvalue weighted by Gasteiger charge is -2.43. The Morgan fingerprint density at radius 1 is 0.524 bits per heavy atom. The summed E-state index contributed by atoms with van der Waals surface area (Å²) in [6.45, 7) is 25.8. The van der Waals surface area contributed by atoms with Crippen LogP contribution in [0.2, 0.25) is 0 Å². The Morgan fingerprint density at radius 3 is 1.45 bits per heavy atom. The highest BCUT2D eigenvalue weighted by atomic mass is 16.6. The summed E-state index contributed by atoms with van der Waals surface area (Å²) in [7, 11) is 11.3. The van der Waals surface area contributed by atoms with Crippen molar-refractivity contribution in [1.82, 2.24) is 59.6 Å². The van der Waals surface area contributed by atoms with Crippen LogP contribution in [0.15, 0.2) is 24.3 Å². The molecule has 0 bridgehead atoms. The van der Waals surface area contributed by atoms with Gasteiger partial charge >= 0.3 is 11.9 Å². The van der Waals surface area contributed by atoms with Crippen LogP contribution in [0.25, 0.3) is 0 Å². The molecule has 3 aliphatic heterocycles. The van der Waals surface area contributed by atoms with Gasteiger partial charge in [-0.1, -0.05) is 121 Å². The van der Waals surface area contributed by atoms with Gasteiger partial charge in [0.05, 0.1) is 24.4 Å². The number of rotatable bonds is 13. The van der Waals surface area contributed by atoms with Gasteiger partial charge in [-0.05, 0) is 62.3 Å². The van der Waals surface area contributed by atoms with Gasteiger partial charge in [-0.3, -0.25) is 72.3 Å². The van der Waals surface area contributed by atoms with Gasteiger partial charge < -0.3 is 79.3 Å². The lowest BCUT2D eigenvalue weighted by atomic mass is 9.90. The summed E-state index contributed by atoms with van der Waals surface area (Å²) in [6.07, 6.45) is -5.04. The number of aliphatic hydroxyl groups is 2. The second kappa shape index (κ2) is 35.7. The molecule has 12 amide bonds. The number of para-hydroxylation sites is 1. The summed E-state index contributed by atoms with van der Waals surface area (Å²) in [6, 6.07) is -7.40. The number of anilines is 1. The van der Waals surface area contributed by atoms with Gasteiger partial charge in [0.15, 0.2) is 6.17 Å². The highest BCUT2D eigenvalue weighted by Crippen LogP contribution is 2.52. The standard InChI is InChI=1S/C73H119N13O19/c1-28-41(11)53-64(95)80(23)56(40(9)10)67(98)81(24)55(39(7)8)65(96)76(19)35-50(89)78(21)59(72(17,18)101)69(100)83(26)58(43(13)44(14)104-45(15)87)68(99)84(27)70(105-46(16)88)61(92)74-52(37(3)4)63(94)82(25)57(42(12)29-2)66(97)77(20)36-51(90)85-49(62(93)79(22)54(38(5)6)60(91)75-53)34-73(102)47-32-30-31-33-48(47)86(103)71(73)85/h30-33,37-44,49,52-59,70-71,101-103H,28-29,34-36H2,1-27H3,(H,74,92)(H,75,91)/t41-,42-,43-,44?,49-,52-,53-,54-,55-,56-,57-,58-,59+,70?,71+,73+/m0/s1.